The van der Waals surface area contributed by atoms with Crippen LogP contribution in [0.25, 0.3) is 0 Å². The number of carbonyl (C=O) groups is 1. The van der Waals surface area contributed by atoms with E-state index in [9.17, 15) is 13.6 Å². The van der Waals surface area contributed by atoms with E-state index >= 15 is 0 Å². The number of rotatable bonds is 6. The maximum atomic E-state index is 13.9. The van der Waals surface area contributed by atoms with Crippen molar-refractivity contribution in [1.29, 1.82) is 0 Å². The average molecular weight is 290 g/mol. The molecule has 0 unspecified atom stereocenters. The molecule has 0 bridgehead atoms. The Morgan fingerprint density at radius 3 is 2.58 bits per heavy atom. The summed E-state index contributed by atoms with van der Waals surface area (Å²) in [6, 6.07) is 2.43. The quantitative estimate of drug-likeness (QED) is 0.730. The van der Waals surface area contributed by atoms with Gasteiger partial charge in [0, 0.05) is 19.0 Å². The van der Waals surface area contributed by atoms with Crippen molar-refractivity contribution in [2.45, 2.75) is 26.7 Å². The summed E-state index contributed by atoms with van der Waals surface area (Å²) in [5.74, 6) is -2.01. The lowest BCUT2D eigenvalue weighted by Crippen LogP contribution is -2.35. The van der Waals surface area contributed by atoms with Crippen molar-refractivity contribution in [2.75, 3.05) is 19.0 Å². The lowest BCUT2D eigenvalue weighted by atomic mass is 10.1. The third-order valence-corrected chi connectivity index (χ3v) is 3.09. The number of amides is 1. The van der Waals surface area contributed by atoms with Gasteiger partial charge < -0.3 is 4.90 Å². The zero-order valence-electron chi connectivity index (χ0n) is 11.2. The van der Waals surface area contributed by atoms with E-state index in [1.54, 1.807) is 0 Å². The predicted octanol–water partition coefficient (Wildman–Crippen LogP) is 3.75. The number of aryl methyl sites for hydroxylation is 1. The maximum absolute atomic E-state index is 13.9. The second kappa shape index (κ2) is 7.43. The van der Waals surface area contributed by atoms with Gasteiger partial charge in [-0.05, 0) is 25.0 Å². The van der Waals surface area contributed by atoms with Crippen molar-refractivity contribution < 1.29 is 13.6 Å². The van der Waals surface area contributed by atoms with Gasteiger partial charge in [-0.15, -0.1) is 11.6 Å². The van der Waals surface area contributed by atoms with Crippen LogP contribution in [0.2, 0.25) is 0 Å². The number of unbranched alkanes of at least 4 members (excludes halogenated alkanes) is 1. The zero-order chi connectivity index (χ0) is 14.4. The van der Waals surface area contributed by atoms with Crippen LogP contribution in [0.15, 0.2) is 12.1 Å². The van der Waals surface area contributed by atoms with Gasteiger partial charge in [-0.25, -0.2) is 8.78 Å². The Bertz CT molecular complexity index is 451. The van der Waals surface area contributed by atoms with E-state index in [-0.39, 0.29) is 18.0 Å². The summed E-state index contributed by atoms with van der Waals surface area (Å²) >= 11 is 5.64. The number of nitrogens with zero attached hydrogens (tertiary/aromatic N) is 1. The lowest BCUT2D eigenvalue weighted by molar-refractivity contribution is 0.0753. The number of halogens is 3. The van der Waals surface area contributed by atoms with Crippen LogP contribution in [0, 0.1) is 18.6 Å². The Morgan fingerprint density at radius 1 is 1.32 bits per heavy atom. The van der Waals surface area contributed by atoms with E-state index in [4.69, 9.17) is 11.6 Å². The molecule has 0 aliphatic carbocycles. The molecule has 0 fully saturated rings. The topological polar surface area (TPSA) is 20.3 Å². The number of hydrogen-bond donors (Lipinski definition) is 0. The summed E-state index contributed by atoms with van der Waals surface area (Å²) in [7, 11) is 0. The summed E-state index contributed by atoms with van der Waals surface area (Å²) in [5.41, 5.74) is -0.229. The van der Waals surface area contributed by atoms with E-state index in [0.29, 0.717) is 6.54 Å². The van der Waals surface area contributed by atoms with Crippen LogP contribution in [-0.4, -0.2) is 29.8 Å². The Balaban J connectivity index is 3.05. The van der Waals surface area contributed by atoms with Crippen LogP contribution in [0.5, 0.6) is 0 Å². The monoisotopic (exact) mass is 289 g/mol. The second-order valence-corrected chi connectivity index (χ2v) is 4.77. The highest BCUT2D eigenvalue weighted by atomic mass is 35.5. The Labute approximate surface area is 117 Å². The van der Waals surface area contributed by atoms with Crippen molar-refractivity contribution in [1.82, 2.24) is 4.90 Å². The third-order valence-electron chi connectivity index (χ3n) is 2.92. The first-order valence-corrected chi connectivity index (χ1v) is 6.86. The molecule has 1 rings (SSSR count). The van der Waals surface area contributed by atoms with Crippen LogP contribution in [0.1, 0.15) is 35.7 Å². The largest absolute Gasteiger partial charge is 0.337 e. The van der Waals surface area contributed by atoms with Gasteiger partial charge in [0.15, 0.2) is 0 Å². The van der Waals surface area contributed by atoms with Gasteiger partial charge in [-0.2, -0.15) is 0 Å². The number of hydrogen-bond acceptors (Lipinski definition) is 1. The van der Waals surface area contributed by atoms with Gasteiger partial charge in [-0.1, -0.05) is 19.4 Å². The summed E-state index contributed by atoms with van der Waals surface area (Å²) < 4.78 is 27.6. The molecule has 0 saturated heterocycles. The van der Waals surface area contributed by atoms with E-state index in [1.807, 2.05) is 6.92 Å². The molecular formula is C14H18ClF2NO. The van der Waals surface area contributed by atoms with Crippen LogP contribution in [0.4, 0.5) is 8.78 Å². The lowest BCUT2D eigenvalue weighted by Gasteiger charge is -2.22. The van der Waals surface area contributed by atoms with Gasteiger partial charge in [0.1, 0.15) is 17.2 Å². The fourth-order valence-corrected chi connectivity index (χ4v) is 1.98. The molecule has 5 heteroatoms. The molecule has 0 aliphatic rings. The molecule has 0 heterocycles. The van der Waals surface area contributed by atoms with Gasteiger partial charge in [0.05, 0.1) is 0 Å². The smallest absolute Gasteiger partial charge is 0.259 e. The average Bonchev–Trinajstić information content (AvgIpc) is 2.39. The van der Waals surface area contributed by atoms with E-state index in [1.165, 1.54) is 17.9 Å². The molecular weight excluding hydrogens is 272 g/mol. The molecule has 1 aromatic rings. The van der Waals surface area contributed by atoms with Crippen molar-refractivity contribution in [3.8, 4) is 0 Å². The molecule has 0 spiro atoms. The minimum atomic E-state index is -0.829. The minimum absolute atomic E-state index is 0.241. The third kappa shape index (κ3) is 3.90. The molecule has 1 aromatic carbocycles. The molecule has 19 heavy (non-hydrogen) atoms. The summed E-state index contributed by atoms with van der Waals surface area (Å²) in [4.78, 5) is 13.6. The molecule has 0 N–H and O–H groups in total. The van der Waals surface area contributed by atoms with Crippen LogP contribution in [-0.2, 0) is 0 Å². The highest BCUT2D eigenvalue weighted by Gasteiger charge is 2.23. The molecule has 0 saturated carbocycles. The number of benzene rings is 1. The highest BCUT2D eigenvalue weighted by molar-refractivity contribution is 6.18. The zero-order valence-corrected chi connectivity index (χ0v) is 11.9. The van der Waals surface area contributed by atoms with Crippen LogP contribution < -0.4 is 0 Å². The molecule has 0 radical (unpaired) electrons. The standard InChI is InChI=1S/C14H18ClF2NO/c1-3-4-8-18(9-7-15)14(19)12-11(16)6-5-10(2)13(12)17/h5-6H,3-4,7-9H2,1-2H3. The predicted molar refractivity (Wildman–Crippen MR) is 72.6 cm³/mol. The van der Waals surface area contributed by atoms with Gasteiger partial charge in [-0.3, -0.25) is 4.79 Å². The SMILES string of the molecule is CCCCN(CCCl)C(=O)c1c(F)ccc(C)c1F. The highest BCUT2D eigenvalue weighted by Crippen LogP contribution is 2.18. The van der Waals surface area contributed by atoms with Crippen LogP contribution >= 0.6 is 11.6 Å². The van der Waals surface area contributed by atoms with E-state index in [2.05, 4.69) is 0 Å². The Hall–Kier alpha value is -1.16. The van der Waals surface area contributed by atoms with Crippen LogP contribution in [0.3, 0.4) is 0 Å². The first kappa shape index (κ1) is 15.9. The van der Waals surface area contributed by atoms with Crippen molar-refractivity contribution in [2.24, 2.45) is 0 Å². The van der Waals surface area contributed by atoms with E-state index in [0.717, 1.165) is 18.9 Å². The first-order valence-electron chi connectivity index (χ1n) is 6.32. The summed E-state index contributed by atoms with van der Waals surface area (Å²) in [5, 5.41) is 0. The molecule has 1 amide bonds. The molecule has 0 aliphatic heterocycles. The Kier molecular flexibility index (Phi) is 6.22. The Morgan fingerprint density at radius 2 is 2.00 bits per heavy atom. The second-order valence-electron chi connectivity index (χ2n) is 4.39. The van der Waals surface area contributed by atoms with E-state index < -0.39 is 23.1 Å². The molecule has 106 valence electrons. The first-order chi connectivity index (χ1) is 9.02. The van der Waals surface area contributed by atoms with Crippen molar-refractivity contribution in [3.63, 3.8) is 0 Å². The fraction of sp³-hybridized carbons (Fsp3) is 0.500. The van der Waals surface area contributed by atoms with Gasteiger partial charge in [0.2, 0.25) is 0 Å². The van der Waals surface area contributed by atoms with Gasteiger partial charge >= 0.3 is 0 Å². The number of carbonyl (C=O) groups excluding carboxylic acids is 1. The molecule has 0 atom stereocenters. The fourth-order valence-electron chi connectivity index (χ4n) is 1.78. The minimum Gasteiger partial charge on any atom is -0.337 e. The van der Waals surface area contributed by atoms with Crippen molar-refractivity contribution >= 4 is 17.5 Å². The van der Waals surface area contributed by atoms with Gasteiger partial charge in [0.25, 0.3) is 5.91 Å². The van der Waals surface area contributed by atoms with Crippen molar-refractivity contribution in [3.05, 3.63) is 34.9 Å². The number of alkyl halides is 1. The molecule has 0 aromatic heterocycles. The summed E-state index contributed by atoms with van der Waals surface area (Å²) in [6.07, 6.45) is 1.67. The molecule has 2 nitrogen and oxygen atoms in total. The normalized spacial score (nSPS) is 10.6. The summed E-state index contributed by atoms with van der Waals surface area (Å²) in [6.45, 7) is 4.22. The maximum Gasteiger partial charge on any atom is 0.259 e.